The molecule has 19 heavy (non-hydrogen) atoms. The minimum atomic E-state index is -0.869. The molecule has 0 radical (unpaired) electrons. The fourth-order valence-electron chi connectivity index (χ4n) is 2.33. The van der Waals surface area contributed by atoms with Gasteiger partial charge in [0.1, 0.15) is 0 Å². The van der Waals surface area contributed by atoms with Crippen molar-refractivity contribution in [3.8, 4) is 0 Å². The quantitative estimate of drug-likeness (QED) is 0.881. The Morgan fingerprint density at radius 3 is 2.58 bits per heavy atom. The molecule has 1 N–H and O–H groups in total. The number of rotatable bonds is 3. The highest BCUT2D eigenvalue weighted by atomic mass is 16.5. The molecule has 1 saturated heterocycles. The lowest BCUT2D eigenvalue weighted by atomic mass is 9.94. The predicted octanol–water partition coefficient (Wildman–Crippen LogP) is 0.905. The number of ether oxygens (including phenoxy) is 1. The van der Waals surface area contributed by atoms with Gasteiger partial charge < -0.3 is 19.2 Å². The molecule has 1 fully saturated rings. The van der Waals surface area contributed by atoms with E-state index in [4.69, 9.17) is 9.15 Å². The van der Waals surface area contributed by atoms with Crippen molar-refractivity contribution >= 4 is 5.91 Å². The molecule has 0 aromatic carbocycles. The van der Waals surface area contributed by atoms with Crippen molar-refractivity contribution in [2.75, 3.05) is 26.8 Å². The van der Waals surface area contributed by atoms with E-state index in [0.717, 1.165) is 0 Å². The minimum Gasteiger partial charge on any atom is -0.436 e. The first-order valence-corrected chi connectivity index (χ1v) is 6.41. The van der Waals surface area contributed by atoms with Gasteiger partial charge in [-0.1, -0.05) is 0 Å². The Bertz CT molecular complexity index is 463. The van der Waals surface area contributed by atoms with Crippen LogP contribution in [0, 0.1) is 13.8 Å². The van der Waals surface area contributed by atoms with Gasteiger partial charge in [0.25, 0.3) is 5.91 Å². The summed E-state index contributed by atoms with van der Waals surface area (Å²) in [5.74, 6) is 0.465. The topological polar surface area (TPSA) is 75.8 Å². The number of carbonyl (C=O) groups excluding carboxylic acids is 1. The third-order valence-corrected chi connectivity index (χ3v) is 3.40. The molecule has 1 aliphatic rings. The van der Waals surface area contributed by atoms with E-state index in [1.165, 1.54) is 4.90 Å². The molecular weight excluding hydrogens is 248 g/mol. The fraction of sp³-hybridized carbons (Fsp3) is 0.692. The third-order valence-electron chi connectivity index (χ3n) is 3.40. The van der Waals surface area contributed by atoms with E-state index in [-0.39, 0.29) is 18.2 Å². The third kappa shape index (κ3) is 3.13. The van der Waals surface area contributed by atoms with Crippen LogP contribution in [0.1, 0.15) is 35.0 Å². The minimum absolute atomic E-state index is 0.246. The summed E-state index contributed by atoms with van der Waals surface area (Å²) in [6.45, 7) is 4.77. The van der Waals surface area contributed by atoms with Gasteiger partial charge >= 0.3 is 0 Å². The predicted molar refractivity (Wildman–Crippen MR) is 67.9 cm³/mol. The lowest BCUT2D eigenvalue weighted by Gasteiger charge is -2.35. The van der Waals surface area contributed by atoms with Crippen molar-refractivity contribution in [3.05, 3.63) is 17.3 Å². The van der Waals surface area contributed by atoms with Gasteiger partial charge in [0.05, 0.1) is 11.3 Å². The van der Waals surface area contributed by atoms with Crippen molar-refractivity contribution in [3.63, 3.8) is 0 Å². The SMILES string of the molecule is Cc1nc(C)c(C(=O)N(C)CC2(O)CCOCC2)o1. The molecule has 2 heterocycles. The van der Waals surface area contributed by atoms with Crippen LogP contribution in [-0.4, -0.2) is 53.3 Å². The van der Waals surface area contributed by atoms with Gasteiger partial charge in [-0.15, -0.1) is 0 Å². The van der Waals surface area contributed by atoms with E-state index in [1.54, 1.807) is 20.9 Å². The van der Waals surface area contributed by atoms with Gasteiger partial charge in [-0.3, -0.25) is 4.79 Å². The summed E-state index contributed by atoms with van der Waals surface area (Å²) in [5, 5.41) is 10.4. The number of amides is 1. The van der Waals surface area contributed by atoms with Crippen LogP contribution in [0.25, 0.3) is 0 Å². The zero-order valence-corrected chi connectivity index (χ0v) is 11.6. The van der Waals surface area contributed by atoms with Crippen LogP contribution in [0.4, 0.5) is 0 Å². The molecule has 0 aliphatic carbocycles. The van der Waals surface area contributed by atoms with Crippen LogP contribution < -0.4 is 0 Å². The standard InChI is InChI=1S/C13H20N2O4/c1-9-11(19-10(2)14-9)12(16)15(3)8-13(17)4-6-18-7-5-13/h17H,4-8H2,1-3H3. The number of aliphatic hydroxyl groups is 1. The molecule has 1 aromatic rings. The summed E-state index contributed by atoms with van der Waals surface area (Å²) >= 11 is 0. The van der Waals surface area contributed by atoms with Crippen molar-refractivity contribution in [1.29, 1.82) is 0 Å². The smallest absolute Gasteiger partial charge is 0.291 e. The molecular formula is C13H20N2O4. The van der Waals surface area contributed by atoms with Gasteiger partial charge in [0, 0.05) is 46.6 Å². The molecule has 0 saturated carbocycles. The molecule has 0 atom stereocenters. The summed E-state index contributed by atoms with van der Waals surface area (Å²) in [7, 11) is 1.66. The number of carbonyl (C=O) groups is 1. The maximum atomic E-state index is 12.2. The van der Waals surface area contributed by atoms with Crippen molar-refractivity contribution in [2.45, 2.75) is 32.3 Å². The Morgan fingerprint density at radius 2 is 2.05 bits per heavy atom. The highest BCUT2D eigenvalue weighted by Gasteiger charge is 2.33. The lowest BCUT2D eigenvalue weighted by molar-refractivity contribution is -0.0736. The number of aromatic nitrogens is 1. The number of likely N-dealkylation sites (N-methyl/N-ethyl adjacent to an activating group) is 1. The number of aryl methyl sites for hydroxylation is 2. The van der Waals surface area contributed by atoms with Crippen molar-refractivity contribution < 1.29 is 19.1 Å². The second kappa shape index (κ2) is 5.30. The molecule has 106 valence electrons. The zero-order valence-electron chi connectivity index (χ0n) is 11.6. The molecule has 0 spiro atoms. The van der Waals surface area contributed by atoms with E-state index < -0.39 is 5.60 Å². The molecule has 0 bridgehead atoms. The van der Waals surface area contributed by atoms with Crippen LogP contribution in [0.15, 0.2) is 4.42 Å². The van der Waals surface area contributed by atoms with Gasteiger partial charge in [0.2, 0.25) is 5.76 Å². The Hall–Kier alpha value is -1.40. The number of nitrogens with zero attached hydrogens (tertiary/aromatic N) is 2. The molecule has 6 nitrogen and oxygen atoms in total. The molecule has 0 unspecified atom stereocenters. The normalized spacial score (nSPS) is 18.3. The van der Waals surface area contributed by atoms with Crippen molar-refractivity contribution in [2.24, 2.45) is 0 Å². The molecule has 6 heteroatoms. The van der Waals surface area contributed by atoms with Crippen LogP contribution in [0.5, 0.6) is 0 Å². The van der Waals surface area contributed by atoms with E-state index in [1.807, 2.05) is 0 Å². The highest BCUT2D eigenvalue weighted by Crippen LogP contribution is 2.22. The maximum absolute atomic E-state index is 12.2. The Kier molecular flexibility index (Phi) is 3.91. The Balaban J connectivity index is 2.05. The first-order chi connectivity index (χ1) is 8.91. The fourth-order valence-corrected chi connectivity index (χ4v) is 2.33. The average Bonchev–Trinajstić information content (AvgIpc) is 2.67. The van der Waals surface area contributed by atoms with E-state index in [9.17, 15) is 9.90 Å². The lowest BCUT2D eigenvalue weighted by Crippen LogP contribution is -2.47. The van der Waals surface area contributed by atoms with Gasteiger partial charge in [-0.05, 0) is 6.92 Å². The van der Waals surface area contributed by atoms with Gasteiger partial charge in [0.15, 0.2) is 5.89 Å². The van der Waals surface area contributed by atoms with E-state index in [0.29, 0.717) is 37.6 Å². The monoisotopic (exact) mass is 268 g/mol. The van der Waals surface area contributed by atoms with Crippen LogP contribution in [-0.2, 0) is 4.74 Å². The molecule has 1 aliphatic heterocycles. The van der Waals surface area contributed by atoms with Gasteiger partial charge in [-0.25, -0.2) is 4.98 Å². The number of hydrogen-bond donors (Lipinski definition) is 1. The Morgan fingerprint density at radius 1 is 1.42 bits per heavy atom. The molecule has 1 amide bonds. The average molecular weight is 268 g/mol. The summed E-state index contributed by atoms with van der Waals surface area (Å²) in [5.41, 5.74) is -0.292. The summed E-state index contributed by atoms with van der Waals surface area (Å²) < 4.78 is 10.5. The second-order valence-electron chi connectivity index (χ2n) is 5.15. The largest absolute Gasteiger partial charge is 0.436 e. The second-order valence-corrected chi connectivity index (χ2v) is 5.15. The first-order valence-electron chi connectivity index (χ1n) is 6.41. The summed E-state index contributed by atoms with van der Waals surface area (Å²) in [6, 6.07) is 0. The first kappa shape index (κ1) is 14.0. The Labute approximate surface area is 112 Å². The van der Waals surface area contributed by atoms with E-state index >= 15 is 0 Å². The molecule has 2 rings (SSSR count). The summed E-state index contributed by atoms with van der Waals surface area (Å²) in [4.78, 5) is 17.8. The highest BCUT2D eigenvalue weighted by molar-refractivity contribution is 5.92. The van der Waals surface area contributed by atoms with Crippen molar-refractivity contribution in [1.82, 2.24) is 9.88 Å². The number of hydrogen-bond acceptors (Lipinski definition) is 5. The number of oxazole rings is 1. The van der Waals surface area contributed by atoms with Crippen LogP contribution in [0.3, 0.4) is 0 Å². The van der Waals surface area contributed by atoms with Gasteiger partial charge in [-0.2, -0.15) is 0 Å². The van der Waals surface area contributed by atoms with E-state index in [2.05, 4.69) is 4.98 Å². The zero-order chi connectivity index (χ0) is 14.0. The summed E-state index contributed by atoms with van der Waals surface area (Å²) in [6.07, 6.45) is 1.08. The van der Waals surface area contributed by atoms with Crippen LogP contribution in [0.2, 0.25) is 0 Å². The maximum Gasteiger partial charge on any atom is 0.291 e. The molecule has 1 aromatic heterocycles. The van der Waals surface area contributed by atoms with Crippen LogP contribution >= 0.6 is 0 Å².